The monoisotopic (exact) mass is 216 g/mol. The summed E-state index contributed by atoms with van der Waals surface area (Å²) in [4.78, 5) is 0. The molecule has 76 valence electrons. The van der Waals surface area contributed by atoms with Crippen molar-refractivity contribution >= 4 is 11.6 Å². The third kappa shape index (κ3) is 1.70. The van der Waals surface area contributed by atoms with Gasteiger partial charge in [-0.2, -0.15) is 0 Å². The molecular weight excluding hydrogens is 207 g/mol. The third-order valence-corrected chi connectivity index (χ3v) is 2.55. The van der Waals surface area contributed by atoms with Gasteiger partial charge in [0.2, 0.25) is 0 Å². The van der Waals surface area contributed by atoms with Crippen molar-refractivity contribution in [3.8, 4) is 5.75 Å². The lowest BCUT2D eigenvalue weighted by molar-refractivity contribution is 0.167. The van der Waals surface area contributed by atoms with Crippen LogP contribution in [-0.2, 0) is 0 Å². The zero-order chi connectivity index (χ0) is 10.1. The molecule has 0 spiro atoms. The van der Waals surface area contributed by atoms with Gasteiger partial charge in [-0.1, -0.05) is 11.6 Å². The Kier molecular flexibility index (Phi) is 2.61. The van der Waals surface area contributed by atoms with Gasteiger partial charge < -0.3 is 9.84 Å². The number of ether oxygens (including phenoxy) is 1. The van der Waals surface area contributed by atoms with E-state index >= 15 is 0 Å². The first-order valence-corrected chi connectivity index (χ1v) is 4.86. The molecule has 4 heteroatoms. The second-order valence-corrected chi connectivity index (χ2v) is 3.72. The van der Waals surface area contributed by atoms with E-state index in [1.54, 1.807) is 0 Å². The van der Waals surface area contributed by atoms with E-state index in [1.807, 2.05) is 0 Å². The zero-order valence-electron chi connectivity index (χ0n) is 7.46. The molecular formula is C10H10ClFO2. The molecule has 0 fully saturated rings. The van der Waals surface area contributed by atoms with Crippen LogP contribution < -0.4 is 4.74 Å². The summed E-state index contributed by atoms with van der Waals surface area (Å²) in [5.74, 6) is -0.0311. The molecule has 1 atom stereocenters. The first kappa shape index (κ1) is 9.74. The molecule has 0 unspecified atom stereocenters. The number of aliphatic hydroxyl groups excluding tert-OH is 1. The second kappa shape index (κ2) is 3.75. The van der Waals surface area contributed by atoms with E-state index in [9.17, 15) is 9.50 Å². The van der Waals surface area contributed by atoms with Gasteiger partial charge in [0.05, 0.1) is 17.7 Å². The molecule has 1 aromatic carbocycles. The Bertz CT molecular complexity index is 354. The normalized spacial score (nSPS) is 20.9. The Morgan fingerprint density at radius 3 is 3.07 bits per heavy atom. The van der Waals surface area contributed by atoms with Crippen molar-refractivity contribution < 1.29 is 14.2 Å². The largest absolute Gasteiger partial charge is 0.492 e. The number of benzene rings is 1. The molecule has 0 saturated heterocycles. The summed E-state index contributed by atoms with van der Waals surface area (Å²) in [5, 5.41) is 9.91. The Hall–Kier alpha value is -0.800. The average molecular weight is 217 g/mol. The Morgan fingerprint density at radius 1 is 1.50 bits per heavy atom. The van der Waals surface area contributed by atoms with Crippen LogP contribution in [0.4, 0.5) is 4.39 Å². The standard InChI is InChI=1S/C10H10ClFO2/c11-8-5-6(12)4-7-9(13)2-1-3-14-10(7)8/h4-5,9,13H,1-3H2/t9-/m0/s1. The summed E-state index contributed by atoms with van der Waals surface area (Å²) in [5.41, 5.74) is 0.451. The average Bonchev–Trinajstić information content (AvgIpc) is 2.29. The van der Waals surface area contributed by atoms with Crippen LogP contribution in [0.1, 0.15) is 24.5 Å². The summed E-state index contributed by atoms with van der Waals surface area (Å²) >= 11 is 5.81. The lowest BCUT2D eigenvalue weighted by atomic mass is 10.1. The van der Waals surface area contributed by atoms with Crippen LogP contribution in [0.15, 0.2) is 12.1 Å². The van der Waals surface area contributed by atoms with Gasteiger partial charge in [-0.05, 0) is 25.0 Å². The maximum absolute atomic E-state index is 13.0. The van der Waals surface area contributed by atoms with E-state index in [1.165, 1.54) is 12.1 Å². The zero-order valence-corrected chi connectivity index (χ0v) is 8.22. The van der Waals surface area contributed by atoms with Crippen LogP contribution in [0.25, 0.3) is 0 Å². The molecule has 0 radical (unpaired) electrons. The molecule has 0 bridgehead atoms. The van der Waals surface area contributed by atoms with Crippen LogP contribution >= 0.6 is 11.6 Å². The molecule has 0 saturated carbocycles. The molecule has 0 aromatic heterocycles. The van der Waals surface area contributed by atoms with Crippen molar-refractivity contribution in [2.24, 2.45) is 0 Å². The Balaban J connectivity index is 2.53. The number of aliphatic hydroxyl groups is 1. The fourth-order valence-corrected chi connectivity index (χ4v) is 1.85. The van der Waals surface area contributed by atoms with Crippen LogP contribution in [0.2, 0.25) is 5.02 Å². The van der Waals surface area contributed by atoms with Gasteiger partial charge in [-0.25, -0.2) is 4.39 Å². The fraction of sp³-hybridized carbons (Fsp3) is 0.400. The summed E-state index contributed by atoms with van der Waals surface area (Å²) in [6.07, 6.45) is 0.640. The predicted molar refractivity (Wildman–Crippen MR) is 51.1 cm³/mol. The van der Waals surface area contributed by atoms with Gasteiger partial charge in [0.25, 0.3) is 0 Å². The predicted octanol–water partition coefficient (Wildman–Crippen LogP) is 2.69. The molecule has 2 nitrogen and oxygen atoms in total. The molecule has 1 N–H and O–H groups in total. The highest BCUT2D eigenvalue weighted by molar-refractivity contribution is 6.32. The van der Waals surface area contributed by atoms with Crippen molar-refractivity contribution in [1.29, 1.82) is 0 Å². The minimum absolute atomic E-state index is 0.223. The van der Waals surface area contributed by atoms with E-state index in [-0.39, 0.29) is 5.02 Å². The SMILES string of the molecule is O[C@H]1CCCOc2c(Cl)cc(F)cc21. The molecule has 0 aliphatic carbocycles. The first-order valence-electron chi connectivity index (χ1n) is 4.48. The molecule has 1 aliphatic rings. The Labute approximate surface area is 86.3 Å². The van der Waals surface area contributed by atoms with E-state index < -0.39 is 11.9 Å². The molecule has 1 aromatic rings. The van der Waals surface area contributed by atoms with Crippen molar-refractivity contribution in [2.45, 2.75) is 18.9 Å². The third-order valence-electron chi connectivity index (χ3n) is 2.26. The van der Waals surface area contributed by atoms with Gasteiger partial charge in [-0.3, -0.25) is 0 Å². The van der Waals surface area contributed by atoms with Gasteiger partial charge in [-0.15, -0.1) is 0 Å². The topological polar surface area (TPSA) is 29.5 Å². The molecule has 1 heterocycles. The lowest BCUT2D eigenvalue weighted by Crippen LogP contribution is -1.98. The Morgan fingerprint density at radius 2 is 2.29 bits per heavy atom. The molecule has 2 rings (SSSR count). The van der Waals surface area contributed by atoms with Crippen LogP contribution in [0.5, 0.6) is 5.75 Å². The summed E-state index contributed by atoms with van der Waals surface area (Å²) in [7, 11) is 0. The van der Waals surface area contributed by atoms with Crippen LogP contribution in [0.3, 0.4) is 0 Å². The minimum Gasteiger partial charge on any atom is -0.492 e. The molecule has 14 heavy (non-hydrogen) atoms. The van der Waals surface area contributed by atoms with Gasteiger partial charge in [0.1, 0.15) is 11.6 Å². The van der Waals surface area contributed by atoms with Gasteiger partial charge in [0.15, 0.2) is 0 Å². The highest BCUT2D eigenvalue weighted by Gasteiger charge is 2.20. The lowest BCUT2D eigenvalue weighted by Gasteiger charge is -2.12. The fourth-order valence-electron chi connectivity index (χ4n) is 1.59. The smallest absolute Gasteiger partial charge is 0.143 e. The number of hydrogen-bond donors (Lipinski definition) is 1. The minimum atomic E-state index is -0.680. The maximum Gasteiger partial charge on any atom is 0.143 e. The summed E-state index contributed by atoms with van der Waals surface area (Å²) in [6, 6.07) is 2.47. The quantitative estimate of drug-likeness (QED) is 0.723. The van der Waals surface area contributed by atoms with E-state index in [0.717, 1.165) is 6.42 Å². The summed E-state index contributed by atoms with van der Waals surface area (Å²) < 4.78 is 18.4. The first-order chi connectivity index (χ1) is 6.68. The van der Waals surface area contributed by atoms with E-state index in [0.29, 0.717) is 24.3 Å². The number of halogens is 2. The summed E-state index contributed by atoms with van der Waals surface area (Å²) in [6.45, 7) is 0.509. The van der Waals surface area contributed by atoms with Gasteiger partial charge >= 0.3 is 0 Å². The van der Waals surface area contributed by atoms with Crippen molar-refractivity contribution in [3.63, 3.8) is 0 Å². The number of hydrogen-bond acceptors (Lipinski definition) is 2. The maximum atomic E-state index is 13.0. The van der Waals surface area contributed by atoms with E-state index in [4.69, 9.17) is 16.3 Å². The number of fused-ring (bicyclic) bond motifs is 1. The van der Waals surface area contributed by atoms with Crippen LogP contribution in [-0.4, -0.2) is 11.7 Å². The number of rotatable bonds is 0. The molecule has 1 aliphatic heterocycles. The van der Waals surface area contributed by atoms with Crippen molar-refractivity contribution in [3.05, 3.63) is 28.5 Å². The van der Waals surface area contributed by atoms with Crippen molar-refractivity contribution in [2.75, 3.05) is 6.61 Å². The molecule has 0 amide bonds. The van der Waals surface area contributed by atoms with Gasteiger partial charge in [0, 0.05) is 5.56 Å². The van der Waals surface area contributed by atoms with Crippen molar-refractivity contribution in [1.82, 2.24) is 0 Å². The highest BCUT2D eigenvalue weighted by atomic mass is 35.5. The van der Waals surface area contributed by atoms with E-state index in [2.05, 4.69) is 0 Å². The van der Waals surface area contributed by atoms with Crippen LogP contribution in [0, 0.1) is 5.82 Å². The second-order valence-electron chi connectivity index (χ2n) is 3.31. The highest BCUT2D eigenvalue weighted by Crippen LogP contribution is 2.37.